The lowest BCUT2D eigenvalue weighted by Gasteiger charge is -2.32. The van der Waals surface area contributed by atoms with Crippen molar-refractivity contribution in [2.45, 2.75) is 45.7 Å². The molecule has 1 atom stereocenters. The standard InChI is InChI=1S/C18H24FN5O/c1-18(2,3)24-16(20-21-22-24)12-23-10-4-5-14(11-23)17(25)13-6-8-15(19)9-7-13/h6-9,14H,4-5,10-12H2,1-3H3/t14-/m1/s1. The van der Waals surface area contributed by atoms with Crippen LogP contribution < -0.4 is 0 Å². The van der Waals surface area contributed by atoms with Gasteiger partial charge in [-0.3, -0.25) is 9.69 Å². The van der Waals surface area contributed by atoms with Gasteiger partial charge in [-0.2, -0.15) is 0 Å². The first kappa shape index (κ1) is 17.7. The molecule has 0 N–H and O–H groups in total. The number of likely N-dealkylation sites (tertiary alicyclic amines) is 1. The first-order chi connectivity index (χ1) is 11.8. The number of piperidine rings is 1. The van der Waals surface area contributed by atoms with Crippen molar-refractivity contribution in [1.82, 2.24) is 25.1 Å². The average Bonchev–Trinajstić information content (AvgIpc) is 3.04. The third-order valence-corrected chi connectivity index (χ3v) is 4.54. The van der Waals surface area contributed by atoms with Crippen LogP contribution in [-0.2, 0) is 12.1 Å². The second-order valence-electron chi connectivity index (χ2n) is 7.62. The van der Waals surface area contributed by atoms with E-state index in [4.69, 9.17) is 0 Å². The monoisotopic (exact) mass is 345 g/mol. The Morgan fingerprint density at radius 3 is 2.68 bits per heavy atom. The highest BCUT2D eigenvalue weighted by Gasteiger charge is 2.28. The third-order valence-electron chi connectivity index (χ3n) is 4.54. The summed E-state index contributed by atoms with van der Waals surface area (Å²) in [5, 5.41) is 12.0. The SMILES string of the molecule is CC(C)(C)n1nnnc1CN1CCC[C@@H](C(=O)c2ccc(F)cc2)C1. The van der Waals surface area contributed by atoms with E-state index in [0.29, 0.717) is 18.7 Å². The highest BCUT2D eigenvalue weighted by atomic mass is 19.1. The Balaban J connectivity index is 1.68. The number of rotatable bonds is 4. The van der Waals surface area contributed by atoms with Crippen LogP contribution in [0.1, 0.15) is 49.8 Å². The maximum atomic E-state index is 13.1. The Morgan fingerprint density at radius 1 is 1.28 bits per heavy atom. The number of benzene rings is 1. The van der Waals surface area contributed by atoms with Crippen LogP contribution in [-0.4, -0.2) is 44.0 Å². The molecule has 0 unspecified atom stereocenters. The number of halogens is 1. The van der Waals surface area contributed by atoms with E-state index >= 15 is 0 Å². The van der Waals surface area contributed by atoms with Gasteiger partial charge in [-0.15, -0.1) is 5.10 Å². The molecule has 6 nitrogen and oxygen atoms in total. The minimum absolute atomic E-state index is 0.0711. The number of ketones is 1. The molecule has 1 fully saturated rings. The quantitative estimate of drug-likeness (QED) is 0.797. The number of hydrogen-bond donors (Lipinski definition) is 0. The van der Waals surface area contributed by atoms with Crippen LogP contribution in [0, 0.1) is 11.7 Å². The molecular formula is C18H24FN5O. The predicted octanol–water partition coefficient (Wildman–Crippen LogP) is 2.66. The van der Waals surface area contributed by atoms with Crippen molar-refractivity contribution in [3.63, 3.8) is 0 Å². The van der Waals surface area contributed by atoms with Crippen molar-refractivity contribution in [3.8, 4) is 0 Å². The zero-order chi connectivity index (χ0) is 18.0. The highest BCUT2D eigenvalue weighted by Crippen LogP contribution is 2.23. The second-order valence-corrected chi connectivity index (χ2v) is 7.62. The number of aromatic nitrogens is 4. The number of carbonyl (C=O) groups is 1. The fourth-order valence-electron chi connectivity index (χ4n) is 3.29. The molecule has 2 aromatic rings. The zero-order valence-electron chi connectivity index (χ0n) is 14.9. The van der Waals surface area contributed by atoms with Crippen LogP contribution in [0.3, 0.4) is 0 Å². The lowest BCUT2D eigenvalue weighted by molar-refractivity contribution is 0.0804. The number of nitrogens with zero attached hydrogens (tertiary/aromatic N) is 5. The molecular weight excluding hydrogens is 321 g/mol. The van der Waals surface area contributed by atoms with Gasteiger partial charge in [0.2, 0.25) is 0 Å². The Kier molecular flexibility index (Phi) is 4.94. The van der Waals surface area contributed by atoms with Gasteiger partial charge in [-0.05, 0) is 74.8 Å². The number of Topliss-reactive ketones (excluding diaryl/α,β-unsaturated/α-hetero) is 1. The fourth-order valence-corrected chi connectivity index (χ4v) is 3.29. The first-order valence-corrected chi connectivity index (χ1v) is 8.64. The summed E-state index contributed by atoms with van der Waals surface area (Å²) in [7, 11) is 0. The van der Waals surface area contributed by atoms with Crippen molar-refractivity contribution >= 4 is 5.78 Å². The summed E-state index contributed by atoms with van der Waals surface area (Å²) in [5.74, 6) is 0.497. The van der Waals surface area contributed by atoms with Crippen molar-refractivity contribution in [3.05, 3.63) is 41.5 Å². The molecule has 0 spiro atoms. The molecule has 1 aromatic carbocycles. The van der Waals surface area contributed by atoms with Gasteiger partial charge < -0.3 is 0 Å². The molecule has 0 bridgehead atoms. The molecule has 0 saturated carbocycles. The van der Waals surface area contributed by atoms with Crippen molar-refractivity contribution in [1.29, 1.82) is 0 Å². The minimum Gasteiger partial charge on any atom is -0.295 e. The molecule has 1 aromatic heterocycles. The van der Waals surface area contributed by atoms with Crippen LogP contribution >= 0.6 is 0 Å². The van der Waals surface area contributed by atoms with E-state index < -0.39 is 0 Å². The molecule has 1 aliphatic rings. The molecule has 1 aliphatic heterocycles. The van der Waals surface area contributed by atoms with E-state index in [1.54, 1.807) is 12.1 Å². The Labute approximate surface area is 147 Å². The summed E-state index contributed by atoms with van der Waals surface area (Å²) in [6.45, 7) is 8.40. The van der Waals surface area contributed by atoms with Gasteiger partial charge in [0, 0.05) is 18.0 Å². The fraction of sp³-hybridized carbons (Fsp3) is 0.556. The first-order valence-electron chi connectivity index (χ1n) is 8.64. The van der Waals surface area contributed by atoms with Crippen molar-refractivity contribution in [2.75, 3.05) is 13.1 Å². The molecule has 0 radical (unpaired) electrons. The smallest absolute Gasteiger partial charge is 0.167 e. The minimum atomic E-state index is -0.323. The third kappa shape index (κ3) is 4.10. The normalized spacial score (nSPS) is 19.1. The Bertz CT molecular complexity index is 735. The van der Waals surface area contributed by atoms with Crippen LogP contribution in [0.5, 0.6) is 0 Å². The van der Waals surface area contributed by atoms with Gasteiger partial charge in [-0.1, -0.05) is 0 Å². The maximum absolute atomic E-state index is 13.1. The van der Waals surface area contributed by atoms with Gasteiger partial charge in [0.05, 0.1) is 12.1 Å². The summed E-state index contributed by atoms with van der Waals surface area (Å²) in [4.78, 5) is 14.9. The number of hydrogen-bond acceptors (Lipinski definition) is 5. The molecule has 0 aliphatic carbocycles. The van der Waals surface area contributed by atoms with Gasteiger partial charge in [0.15, 0.2) is 11.6 Å². The predicted molar refractivity (Wildman–Crippen MR) is 91.5 cm³/mol. The lowest BCUT2D eigenvalue weighted by atomic mass is 9.90. The molecule has 0 amide bonds. The van der Waals surface area contributed by atoms with Gasteiger partial charge in [0.25, 0.3) is 0 Å². The van der Waals surface area contributed by atoms with Crippen molar-refractivity contribution in [2.24, 2.45) is 5.92 Å². The van der Waals surface area contributed by atoms with Gasteiger partial charge >= 0.3 is 0 Å². The number of carbonyl (C=O) groups excluding carboxylic acids is 1. The summed E-state index contributed by atoms with van der Waals surface area (Å²) < 4.78 is 14.9. The zero-order valence-corrected chi connectivity index (χ0v) is 14.9. The van der Waals surface area contributed by atoms with Crippen molar-refractivity contribution < 1.29 is 9.18 Å². The Morgan fingerprint density at radius 2 is 2.00 bits per heavy atom. The maximum Gasteiger partial charge on any atom is 0.167 e. The van der Waals surface area contributed by atoms with E-state index in [0.717, 1.165) is 25.2 Å². The molecule has 7 heteroatoms. The van der Waals surface area contributed by atoms with E-state index in [9.17, 15) is 9.18 Å². The summed E-state index contributed by atoms with van der Waals surface area (Å²) in [6.07, 6.45) is 1.81. The van der Waals surface area contributed by atoms with E-state index in [2.05, 4.69) is 41.2 Å². The topological polar surface area (TPSA) is 63.9 Å². The summed E-state index contributed by atoms with van der Waals surface area (Å²) in [5.41, 5.74) is 0.394. The average molecular weight is 345 g/mol. The van der Waals surface area contributed by atoms with Gasteiger partial charge in [0.1, 0.15) is 5.82 Å². The van der Waals surface area contributed by atoms with Gasteiger partial charge in [-0.25, -0.2) is 9.07 Å². The Hall–Kier alpha value is -2.15. The largest absolute Gasteiger partial charge is 0.295 e. The van der Waals surface area contributed by atoms with E-state index in [1.807, 2.05) is 4.68 Å². The molecule has 25 heavy (non-hydrogen) atoms. The van der Waals surface area contributed by atoms with Crippen LogP contribution in [0.15, 0.2) is 24.3 Å². The second kappa shape index (κ2) is 7.00. The molecule has 1 saturated heterocycles. The van der Waals surface area contributed by atoms with Crippen LogP contribution in [0.2, 0.25) is 0 Å². The summed E-state index contributed by atoms with van der Waals surface area (Å²) in [6, 6.07) is 5.81. The molecule has 3 rings (SSSR count). The van der Waals surface area contributed by atoms with Crippen LogP contribution in [0.25, 0.3) is 0 Å². The summed E-state index contributed by atoms with van der Waals surface area (Å²) >= 11 is 0. The van der Waals surface area contributed by atoms with E-state index in [-0.39, 0.29) is 23.1 Å². The van der Waals surface area contributed by atoms with Crippen LogP contribution in [0.4, 0.5) is 4.39 Å². The highest BCUT2D eigenvalue weighted by molar-refractivity contribution is 5.98. The van der Waals surface area contributed by atoms with E-state index in [1.165, 1.54) is 12.1 Å². The number of tetrazole rings is 1. The molecule has 2 heterocycles. The molecule has 134 valence electrons. The lowest BCUT2D eigenvalue weighted by Crippen LogP contribution is -2.39.